The Labute approximate surface area is 265 Å². The molecule has 0 saturated carbocycles. The van der Waals surface area contributed by atoms with Gasteiger partial charge < -0.3 is 25.2 Å². The largest absolute Gasteiger partial charge is 0.489 e. The highest BCUT2D eigenvalue weighted by Gasteiger charge is 2.25. The number of carbonyl (C=O) groups is 3. The lowest BCUT2D eigenvalue weighted by atomic mass is 9.97. The zero-order chi connectivity index (χ0) is 31.7. The van der Waals surface area contributed by atoms with Crippen molar-refractivity contribution >= 4 is 17.8 Å². The van der Waals surface area contributed by atoms with Gasteiger partial charge in [-0.2, -0.15) is 0 Å². The zero-order valence-corrected chi connectivity index (χ0v) is 25.7. The molecule has 1 heterocycles. The van der Waals surface area contributed by atoms with Crippen LogP contribution in [-0.2, 0) is 38.6 Å². The average molecular weight is 613 g/mol. The number of benzene rings is 3. The van der Waals surface area contributed by atoms with Gasteiger partial charge in [0.1, 0.15) is 19.0 Å². The van der Waals surface area contributed by atoms with Gasteiger partial charge in [-0.15, -0.1) is 0 Å². The number of allylic oxidation sites excluding steroid dienone is 2. The molecule has 0 saturated heterocycles. The van der Waals surface area contributed by atoms with Crippen molar-refractivity contribution in [3.63, 3.8) is 0 Å². The number of nitrogens with one attached hydrogen (secondary N) is 2. The molecule has 3 aromatic carbocycles. The van der Waals surface area contributed by atoms with Crippen LogP contribution in [0.25, 0.3) is 0 Å². The number of rotatable bonds is 11. The molecule has 0 radical (unpaired) electrons. The van der Waals surface area contributed by atoms with Gasteiger partial charge in [-0.25, -0.2) is 0 Å². The standard InChI is InChI=1S/C37H44N2O6/c40-25-32(22-29-18-20-34(21-19-29)44-26-30-14-8-5-9-15-30)38-35(41)24-31-16-10-2-1-3-11-17-36(42)45-27-33(39-37(31)43)23-28-12-6-4-7-13-28/h2,4-10,12-15,18-21,31-33,40H,1,3,11,16-17,22-27H2,(H,38,41)(H,39,43)/t31-,32+,33+/m1/s1. The zero-order valence-electron chi connectivity index (χ0n) is 25.7. The molecule has 3 atom stereocenters. The topological polar surface area (TPSA) is 114 Å². The van der Waals surface area contributed by atoms with Crippen molar-refractivity contribution in [3.05, 3.63) is 114 Å². The molecule has 0 spiro atoms. The van der Waals surface area contributed by atoms with Crippen LogP contribution in [0.1, 0.15) is 55.2 Å². The van der Waals surface area contributed by atoms with Crippen LogP contribution < -0.4 is 15.4 Å². The van der Waals surface area contributed by atoms with E-state index in [1.54, 1.807) is 0 Å². The van der Waals surface area contributed by atoms with E-state index in [0.717, 1.165) is 41.7 Å². The Morgan fingerprint density at radius 1 is 0.911 bits per heavy atom. The van der Waals surface area contributed by atoms with Crippen molar-refractivity contribution in [2.24, 2.45) is 5.92 Å². The summed E-state index contributed by atoms with van der Waals surface area (Å²) >= 11 is 0. The van der Waals surface area contributed by atoms with Crippen molar-refractivity contribution in [2.45, 2.75) is 70.1 Å². The highest BCUT2D eigenvalue weighted by Crippen LogP contribution is 2.17. The summed E-state index contributed by atoms with van der Waals surface area (Å²) in [5.41, 5.74) is 3.03. The summed E-state index contributed by atoms with van der Waals surface area (Å²) in [6.07, 6.45) is 7.96. The minimum absolute atomic E-state index is 0.0310. The fourth-order valence-corrected chi connectivity index (χ4v) is 5.25. The van der Waals surface area contributed by atoms with E-state index >= 15 is 0 Å². The van der Waals surface area contributed by atoms with Gasteiger partial charge in [0.05, 0.1) is 24.6 Å². The number of esters is 1. The number of amides is 2. The summed E-state index contributed by atoms with van der Waals surface area (Å²) in [5, 5.41) is 16.0. The molecule has 1 aliphatic rings. The third-order valence-electron chi connectivity index (χ3n) is 7.75. The second-order valence-electron chi connectivity index (χ2n) is 11.5. The van der Waals surface area contributed by atoms with E-state index < -0.39 is 18.0 Å². The molecule has 2 amide bonds. The van der Waals surface area contributed by atoms with Gasteiger partial charge in [-0.05, 0) is 67.3 Å². The van der Waals surface area contributed by atoms with Gasteiger partial charge >= 0.3 is 5.97 Å². The van der Waals surface area contributed by atoms with E-state index in [-0.39, 0.29) is 37.4 Å². The first-order valence-corrected chi connectivity index (χ1v) is 15.8. The molecular formula is C37H44N2O6. The van der Waals surface area contributed by atoms with Crippen LogP contribution in [0.4, 0.5) is 0 Å². The molecule has 8 nitrogen and oxygen atoms in total. The van der Waals surface area contributed by atoms with Crippen LogP contribution >= 0.6 is 0 Å². The minimum Gasteiger partial charge on any atom is -0.489 e. The second-order valence-corrected chi connectivity index (χ2v) is 11.5. The molecule has 0 aromatic heterocycles. The van der Waals surface area contributed by atoms with Crippen molar-refractivity contribution in [1.82, 2.24) is 10.6 Å². The van der Waals surface area contributed by atoms with E-state index in [4.69, 9.17) is 9.47 Å². The summed E-state index contributed by atoms with van der Waals surface area (Å²) in [7, 11) is 0. The number of carbonyl (C=O) groups excluding carboxylic acids is 3. The number of aliphatic hydroxyl groups excluding tert-OH is 1. The summed E-state index contributed by atoms with van der Waals surface area (Å²) in [6, 6.07) is 26.3. The Morgan fingerprint density at radius 3 is 2.33 bits per heavy atom. The molecule has 3 N–H and O–H groups in total. The maximum atomic E-state index is 13.5. The first-order chi connectivity index (χ1) is 22.0. The predicted octanol–water partition coefficient (Wildman–Crippen LogP) is 5.08. The maximum absolute atomic E-state index is 13.5. The van der Waals surface area contributed by atoms with Crippen molar-refractivity contribution in [1.29, 1.82) is 0 Å². The number of hydrogen-bond acceptors (Lipinski definition) is 6. The lowest BCUT2D eigenvalue weighted by molar-refractivity contribution is -0.145. The van der Waals surface area contributed by atoms with E-state index in [9.17, 15) is 19.5 Å². The fraction of sp³-hybridized carbons (Fsp3) is 0.378. The molecule has 3 aromatic rings. The highest BCUT2D eigenvalue weighted by molar-refractivity contribution is 5.86. The van der Waals surface area contributed by atoms with Crippen LogP contribution in [-0.4, -0.2) is 48.2 Å². The molecule has 0 fully saturated rings. The van der Waals surface area contributed by atoms with Gasteiger partial charge in [-0.1, -0.05) is 84.9 Å². The maximum Gasteiger partial charge on any atom is 0.305 e. The van der Waals surface area contributed by atoms with Crippen LogP contribution in [0, 0.1) is 5.92 Å². The quantitative estimate of drug-likeness (QED) is 0.206. The van der Waals surface area contributed by atoms with Crippen LogP contribution in [0.3, 0.4) is 0 Å². The Hall–Kier alpha value is -4.43. The number of ether oxygens (including phenoxy) is 2. The van der Waals surface area contributed by atoms with Gasteiger partial charge in [0.15, 0.2) is 0 Å². The van der Waals surface area contributed by atoms with Crippen LogP contribution in [0.2, 0.25) is 0 Å². The Kier molecular flexibility index (Phi) is 13.7. The van der Waals surface area contributed by atoms with Gasteiger partial charge in [0.2, 0.25) is 11.8 Å². The number of cyclic esters (lactones) is 1. The summed E-state index contributed by atoms with van der Waals surface area (Å²) in [4.78, 5) is 38.9. The molecule has 8 heteroatoms. The smallest absolute Gasteiger partial charge is 0.305 e. The lowest BCUT2D eigenvalue weighted by Crippen LogP contribution is -2.45. The van der Waals surface area contributed by atoms with Gasteiger partial charge in [0, 0.05) is 12.8 Å². The Balaban J connectivity index is 1.35. The fourth-order valence-electron chi connectivity index (χ4n) is 5.25. The molecule has 1 aliphatic heterocycles. The van der Waals surface area contributed by atoms with E-state index in [1.807, 2.05) is 97.1 Å². The molecule has 0 unspecified atom stereocenters. The minimum atomic E-state index is -0.612. The Morgan fingerprint density at radius 2 is 1.62 bits per heavy atom. The van der Waals surface area contributed by atoms with E-state index in [1.165, 1.54) is 0 Å². The normalized spacial score (nSPS) is 18.6. The molecule has 0 aliphatic carbocycles. The third-order valence-corrected chi connectivity index (χ3v) is 7.75. The van der Waals surface area contributed by atoms with Crippen molar-refractivity contribution < 1.29 is 29.0 Å². The SMILES string of the molecule is O=C(C[C@H]1CC=CCCCCC(=O)OC[C@H](Cc2ccccc2)NC1=O)N[C@H](CO)Cc1ccc(OCc2ccccc2)cc1. The molecular weight excluding hydrogens is 568 g/mol. The number of aliphatic hydroxyl groups is 1. The molecule has 4 rings (SSSR count). The van der Waals surface area contributed by atoms with E-state index in [0.29, 0.717) is 32.3 Å². The van der Waals surface area contributed by atoms with Gasteiger partial charge in [0.25, 0.3) is 0 Å². The third kappa shape index (κ3) is 12.2. The summed E-state index contributed by atoms with van der Waals surface area (Å²) in [6.45, 7) is 0.299. The molecule has 238 valence electrons. The number of hydrogen-bond donors (Lipinski definition) is 3. The monoisotopic (exact) mass is 612 g/mol. The lowest BCUT2D eigenvalue weighted by Gasteiger charge is -2.23. The molecule has 45 heavy (non-hydrogen) atoms. The van der Waals surface area contributed by atoms with Crippen LogP contribution in [0.15, 0.2) is 97.1 Å². The highest BCUT2D eigenvalue weighted by atomic mass is 16.5. The first kappa shape index (κ1) is 33.5. The van der Waals surface area contributed by atoms with Gasteiger partial charge in [-0.3, -0.25) is 14.4 Å². The van der Waals surface area contributed by atoms with Crippen molar-refractivity contribution in [3.8, 4) is 5.75 Å². The Bertz CT molecular complexity index is 1360. The summed E-state index contributed by atoms with van der Waals surface area (Å²) < 4.78 is 11.4. The average Bonchev–Trinajstić information content (AvgIpc) is 3.06. The van der Waals surface area contributed by atoms with E-state index in [2.05, 4.69) is 10.6 Å². The predicted molar refractivity (Wildman–Crippen MR) is 173 cm³/mol. The molecule has 0 bridgehead atoms. The first-order valence-electron chi connectivity index (χ1n) is 15.8. The van der Waals surface area contributed by atoms with Crippen LogP contribution in [0.5, 0.6) is 5.75 Å². The summed E-state index contributed by atoms with van der Waals surface area (Å²) in [5.74, 6) is -0.726. The van der Waals surface area contributed by atoms with Crippen molar-refractivity contribution in [2.75, 3.05) is 13.2 Å². The second kappa shape index (κ2) is 18.4.